The second kappa shape index (κ2) is 5.50. The fourth-order valence-electron chi connectivity index (χ4n) is 1.96. The molecule has 2 rings (SSSR count). The molecular formula is C14H18N2OS. The number of benzene rings is 1. The van der Waals surface area contributed by atoms with Crippen LogP contribution in [0.3, 0.4) is 0 Å². The van der Waals surface area contributed by atoms with Gasteiger partial charge in [-0.1, -0.05) is 0 Å². The maximum Gasteiger partial charge on any atom is 0.122 e. The molecule has 0 bridgehead atoms. The fourth-order valence-corrected chi connectivity index (χ4v) is 2.77. The van der Waals surface area contributed by atoms with Crippen molar-refractivity contribution >= 4 is 11.3 Å². The zero-order chi connectivity index (χ0) is 13.1. The second-order valence-corrected chi connectivity index (χ2v) is 5.16. The molecule has 0 aliphatic heterocycles. The van der Waals surface area contributed by atoms with Crippen molar-refractivity contribution in [3.63, 3.8) is 0 Å². The SMILES string of the molecule is CNCc1nc(-c2ccc(OC)c(C)c2C)cs1. The molecule has 0 saturated heterocycles. The topological polar surface area (TPSA) is 34.2 Å². The Bertz CT molecular complexity index is 549. The van der Waals surface area contributed by atoms with Gasteiger partial charge in [0.25, 0.3) is 0 Å². The highest BCUT2D eigenvalue weighted by Crippen LogP contribution is 2.31. The van der Waals surface area contributed by atoms with Gasteiger partial charge in [0.15, 0.2) is 0 Å². The molecule has 0 radical (unpaired) electrons. The Morgan fingerprint density at radius 2 is 2.06 bits per heavy atom. The number of thiazole rings is 1. The minimum atomic E-state index is 0.818. The highest BCUT2D eigenvalue weighted by Gasteiger charge is 2.11. The van der Waals surface area contributed by atoms with E-state index >= 15 is 0 Å². The van der Waals surface area contributed by atoms with Gasteiger partial charge in [-0.3, -0.25) is 0 Å². The van der Waals surface area contributed by atoms with Gasteiger partial charge in [-0.15, -0.1) is 11.3 Å². The highest BCUT2D eigenvalue weighted by atomic mass is 32.1. The molecule has 0 fully saturated rings. The van der Waals surface area contributed by atoms with Crippen molar-refractivity contribution in [2.75, 3.05) is 14.2 Å². The number of rotatable bonds is 4. The molecule has 0 saturated carbocycles. The predicted molar refractivity (Wildman–Crippen MR) is 76.3 cm³/mol. The minimum absolute atomic E-state index is 0.818. The Balaban J connectivity index is 2.41. The first-order valence-electron chi connectivity index (χ1n) is 5.91. The molecule has 1 heterocycles. The Hall–Kier alpha value is -1.39. The number of methoxy groups -OCH3 is 1. The van der Waals surface area contributed by atoms with E-state index in [1.165, 1.54) is 16.7 Å². The molecular weight excluding hydrogens is 244 g/mol. The molecule has 1 aromatic heterocycles. The molecule has 96 valence electrons. The van der Waals surface area contributed by atoms with Gasteiger partial charge < -0.3 is 10.1 Å². The average molecular weight is 262 g/mol. The Kier molecular flexibility index (Phi) is 3.99. The molecule has 1 N–H and O–H groups in total. The summed E-state index contributed by atoms with van der Waals surface area (Å²) < 4.78 is 5.33. The molecule has 0 atom stereocenters. The summed E-state index contributed by atoms with van der Waals surface area (Å²) in [5.74, 6) is 0.932. The van der Waals surface area contributed by atoms with E-state index in [-0.39, 0.29) is 0 Å². The molecule has 3 nitrogen and oxygen atoms in total. The highest BCUT2D eigenvalue weighted by molar-refractivity contribution is 7.09. The van der Waals surface area contributed by atoms with Gasteiger partial charge in [0.1, 0.15) is 10.8 Å². The van der Waals surface area contributed by atoms with Crippen LogP contribution in [0.5, 0.6) is 5.75 Å². The van der Waals surface area contributed by atoms with Crippen LogP contribution >= 0.6 is 11.3 Å². The summed E-state index contributed by atoms with van der Waals surface area (Å²) in [6.07, 6.45) is 0. The number of hydrogen-bond donors (Lipinski definition) is 1. The van der Waals surface area contributed by atoms with Crippen LogP contribution in [0.15, 0.2) is 17.5 Å². The van der Waals surface area contributed by atoms with E-state index in [9.17, 15) is 0 Å². The largest absolute Gasteiger partial charge is 0.496 e. The smallest absolute Gasteiger partial charge is 0.122 e. The Labute approximate surface area is 112 Å². The van der Waals surface area contributed by atoms with E-state index in [2.05, 4.69) is 35.6 Å². The van der Waals surface area contributed by atoms with E-state index in [1.807, 2.05) is 13.1 Å². The maximum atomic E-state index is 5.33. The van der Waals surface area contributed by atoms with Crippen molar-refractivity contribution < 1.29 is 4.74 Å². The van der Waals surface area contributed by atoms with Crippen LogP contribution in [0.25, 0.3) is 11.3 Å². The maximum absolute atomic E-state index is 5.33. The van der Waals surface area contributed by atoms with Crippen LogP contribution in [-0.4, -0.2) is 19.1 Å². The molecule has 0 spiro atoms. The number of ether oxygens (including phenoxy) is 1. The van der Waals surface area contributed by atoms with E-state index in [1.54, 1.807) is 18.4 Å². The summed E-state index contributed by atoms with van der Waals surface area (Å²) in [4.78, 5) is 4.64. The summed E-state index contributed by atoms with van der Waals surface area (Å²) >= 11 is 1.69. The standard InChI is InChI=1S/C14H18N2OS/c1-9-10(2)13(17-4)6-5-11(9)12-8-18-14(16-12)7-15-3/h5-6,8,15H,7H2,1-4H3. The molecule has 1 aromatic carbocycles. The molecule has 4 heteroatoms. The van der Waals surface area contributed by atoms with Gasteiger partial charge in [0.2, 0.25) is 0 Å². The van der Waals surface area contributed by atoms with Crippen molar-refractivity contribution in [3.05, 3.63) is 33.6 Å². The van der Waals surface area contributed by atoms with Crippen molar-refractivity contribution in [1.82, 2.24) is 10.3 Å². The van der Waals surface area contributed by atoms with Crippen molar-refractivity contribution in [3.8, 4) is 17.0 Å². The molecule has 0 aliphatic rings. The average Bonchev–Trinajstić information content (AvgIpc) is 2.81. The molecule has 2 aromatic rings. The lowest BCUT2D eigenvalue weighted by molar-refractivity contribution is 0.411. The number of nitrogens with one attached hydrogen (secondary N) is 1. The van der Waals surface area contributed by atoms with Crippen LogP contribution < -0.4 is 10.1 Å². The number of aromatic nitrogens is 1. The summed E-state index contributed by atoms with van der Waals surface area (Å²) in [6.45, 7) is 5.02. The third-order valence-electron chi connectivity index (χ3n) is 3.11. The first-order chi connectivity index (χ1) is 8.67. The zero-order valence-electron chi connectivity index (χ0n) is 11.2. The lowest BCUT2D eigenvalue weighted by Crippen LogP contribution is -2.04. The molecule has 18 heavy (non-hydrogen) atoms. The summed E-state index contributed by atoms with van der Waals surface area (Å²) in [6, 6.07) is 4.09. The predicted octanol–water partition coefficient (Wildman–Crippen LogP) is 3.15. The van der Waals surface area contributed by atoms with Crippen LogP contribution in [0.1, 0.15) is 16.1 Å². The Morgan fingerprint density at radius 1 is 1.28 bits per heavy atom. The van der Waals surface area contributed by atoms with Gasteiger partial charge in [-0.05, 0) is 44.2 Å². The number of nitrogens with zero attached hydrogens (tertiary/aromatic N) is 1. The first kappa shape index (κ1) is 13.1. The second-order valence-electron chi connectivity index (χ2n) is 4.22. The zero-order valence-corrected chi connectivity index (χ0v) is 12.0. The lowest BCUT2D eigenvalue weighted by Gasteiger charge is -2.11. The van der Waals surface area contributed by atoms with Crippen molar-refractivity contribution in [1.29, 1.82) is 0 Å². The van der Waals surface area contributed by atoms with Crippen molar-refractivity contribution in [2.24, 2.45) is 0 Å². The third kappa shape index (κ3) is 2.40. The fraction of sp³-hybridized carbons (Fsp3) is 0.357. The van der Waals surface area contributed by atoms with E-state index in [0.29, 0.717) is 0 Å². The monoisotopic (exact) mass is 262 g/mol. The van der Waals surface area contributed by atoms with Gasteiger partial charge in [-0.2, -0.15) is 0 Å². The van der Waals surface area contributed by atoms with E-state index < -0.39 is 0 Å². The van der Waals surface area contributed by atoms with Crippen LogP contribution in [-0.2, 0) is 6.54 Å². The third-order valence-corrected chi connectivity index (χ3v) is 3.96. The molecule has 0 aliphatic carbocycles. The van der Waals surface area contributed by atoms with Gasteiger partial charge >= 0.3 is 0 Å². The summed E-state index contributed by atoms with van der Waals surface area (Å²) in [5.41, 5.74) is 4.65. The lowest BCUT2D eigenvalue weighted by atomic mass is 10.0. The van der Waals surface area contributed by atoms with Gasteiger partial charge in [0.05, 0.1) is 12.8 Å². The van der Waals surface area contributed by atoms with E-state index in [4.69, 9.17) is 4.74 Å². The molecule has 0 unspecified atom stereocenters. The minimum Gasteiger partial charge on any atom is -0.496 e. The van der Waals surface area contributed by atoms with Gasteiger partial charge in [-0.25, -0.2) is 4.98 Å². The van der Waals surface area contributed by atoms with Crippen LogP contribution in [0.2, 0.25) is 0 Å². The quantitative estimate of drug-likeness (QED) is 0.919. The van der Waals surface area contributed by atoms with Crippen LogP contribution in [0.4, 0.5) is 0 Å². The van der Waals surface area contributed by atoms with E-state index in [0.717, 1.165) is 23.0 Å². The van der Waals surface area contributed by atoms with Gasteiger partial charge in [0, 0.05) is 17.5 Å². The van der Waals surface area contributed by atoms with Crippen molar-refractivity contribution in [2.45, 2.75) is 20.4 Å². The van der Waals surface area contributed by atoms with Crippen LogP contribution in [0, 0.1) is 13.8 Å². The summed E-state index contributed by atoms with van der Waals surface area (Å²) in [5, 5.41) is 6.34. The molecule has 0 amide bonds. The number of hydrogen-bond acceptors (Lipinski definition) is 4. The summed E-state index contributed by atoms with van der Waals surface area (Å²) in [7, 11) is 3.64. The Morgan fingerprint density at radius 3 is 2.72 bits per heavy atom. The first-order valence-corrected chi connectivity index (χ1v) is 6.79. The normalized spacial score (nSPS) is 10.7.